The van der Waals surface area contributed by atoms with Gasteiger partial charge < -0.3 is 4.74 Å². The molecule has 0 saturated carbocycles. The van der Waals surface area contributed by atoms with Gasteiger partial charge in [0, 0.05) is 17.5 Å². The molecule has 1 unspecified atom stereocenters. The molecule has 0 radical (unpaired) electrons. The number of nitrogens with zero attached hydrogens (tertiary/aromatic N) is 1. The van der Waals surface area contributed by atoms with Crippen LogP contribution in [0, 0.1) is 11.7 Å². The summed E-state index contributed by atoms with van der Waals surface area (Å²) in [4.78, 5) is 16.9. The third-order valence-electron chi connectivity index (χ3n) is 5.77. The van der Waals surface area contributed by atoms with Crippen molar-refractivity contribution in [1.29, 1.82) is 0 Å². The fraction of sp³-hybridized carbons (Fsp3) is 0.286. The van der Waals surface area contributed by atoms with Crippen LogP contribution < -0.4 is 0 Å². The molecule has 3 nitrogen and oxygen atoms in total. The van der Waals surface area contributed by atoms with Gasteiger partial charge in [0.05, 0.1) is 11.4 Å². The Kier molecular flexibility index (Phi) is 6.50. The quantitative estimate of drug-likeness (QED) is 0.409. The van der Waals surface area contributed by atoms with Crippen LogP contribution in [0.25, 0.3) is 28.5 Å². The maximum absolute atomic E-state index is 13.6. The van der Waals surface area contributed by atoms with Gasteiger partial charge in [0.2, 0.25) is 0 Å². The molecule has 0 aliphatic carbocycles. The van der Waals surface area contributed by atoms with E-state index in [1.54, 1.807) is 12.1 Å². The van der Waals surface area contributed by atoms with Gasteiger partial charge in [0.1, 0.15) is 11.9 Å². The van der Waals surface area contributed by atoms with Crippen molar-refractivity contribution in [2.75, 3.05) is 0 Å². The molecule has 1 fully saturated rings. The van der Waals surface area contributed by atoms with E-state index in [1.807, 2.05) is 42.5 Å². The summed E-state index contributed by atoms with van der Waals surface area (Å²) in [6.07, 6.45) is 5.01. The number of halogens is 1. The first kappa shape index (κ1) is 21.9. The van der Waals surface area contributed by atoms with Crippen molar-refractivity contribution >= 4 is 12.0 Å². The fourth-order valence-corrected chi connectivity index (χ4v) is 4.17. The van der Waals surface area contributed by atoms with Gasteiger partial charge in [-0.05, 0) is 53.7 Å². The third-order valence-corrected chi connectivity index (χ3v) is 5.77. The lowest BCUT2D eigenvalue weighted by Gasteiger charge is -2.24. The smallest absolute Gasteiger partial charge is 0.306 e. The number of aromatic nitrogens is 1. The fourth-order valence-electron chi connectivity index (χ4n) is 4.17. The highest BCUT2D eigenvalue weighted by Crippen LogP contribution is 2.35. The Bertz CT molecular complexity index is 1120. The number of ether oxygens (including phenoxy) is 1. The van der Waals surface area contributed by atoms with Crippen LogP contribution in [0.4, 0.5) is 4.39 Å². The molecule has 0 bridgehead atoms. The summed E-state index contributed by atoms with van der Waals surface area (Å²) in [6.45, 7) is 6.30. The Morgan fingerprint density at radius 1 is 1.06 bits per heavy atom. The maximum Gasteiger partial charge on any atom is 0.306 e. The topological polar surface area (TPSA) is 39.2 Å². The van der Waals surface area contributed by atoms with Gasteiger partial charge >= 0.3 is 5.97 Å². The first-order valence-electron chi connectivity index (χ1n) is 11.1. The predicted molar refractivity (Wildman–Crippen MR) is 126 cm³/mol. The van der Waals surface area contributed by atoms with E-state index < -0.39 is 0 Å². The standard InChI is InChI=1S/C28H28FNO2/c1-18(2)28-24(14-13-23-15-19(3)16-27(31)32-23)25(20-9-11-22(29)12-10-20)17-26(30-28)21-7-5-4-6-8-21/h4-14,17-19,23H,15-16H2,1-3H3/b14-13+/t19-,23?/m0/s1. The molecule has 1 aromatic heterocycles. The number of benzene rings is 2. The highest BCUT2D eigenvalue weighted by atomic mass is 19.1. The molecule has 3 aromatic rings. The van der Waals surface area contributed by atoms with Gasteiger partial charge in [0.15, 0.2) is 0 Å². The largest absolute Gasteiger partial charge is 0.458 e. The minimum atomic E-state index is -0.268. The van der Waals surface area contributed by atoms with Crippen LogP contribution in [0.5, 0.6) is 0 Å². The highest BCUT2D eigenvalue weighted by molar-refractivity contribution is 5.81. The number of cyclic esters (lactones) is 1. The molecule has 4 rings (SSSR count). The van der Waals surface area contributed by atoms with Gasteiger partial charge in [-0.2, -0.15) is 0 Å². The van der Waals surface area contributed by atoms with Gasteiger partial charge in [-0.25, -0.2) is 4.39 Å². The van der Waals surface area contributed by atoms with Crippen LogP contribution >= 0.6 is 0 Å². The van der Waals surface area contributed by atoms with Crippen LogP contribution in [0.2, 0.25) is 0 Å². The van der Waals surface area contributed by atoms with Crippen LogP contribution in [0.15, 0.2) is 66.7 Å². The van der Waals surface area contributed by atoms with Crippen LogP contribution in [0.1, 0.15) is 50.8 Å². The van der Waals surface area contributed by atoms with Crippen molar-refractivity contribution in [2.24, 2.45) is 5.92 Å². The second-order valence-electron chi connectivity index (χ2n) is 8.81. The van der Waals surface area contributed by atoms with E-state index in [9.17, 15) is 9.18 Å². The zero-order valence-electron chi connectivity index (χ0n) is 18.7. The van der Waals surface area contributed by atoms with E-state index in [0.717, 1.165) is 40.1 Å². The lowest BCUT2D eigenvalue weighted by atomic mass is 9.91. The van der Waals surface area contributed by atoms with Crippen molar-refractivity contribution < 1.29 is 13.9 Å². The van der Waals surface area contributed by atoms with E-state index >= 15 is 0 Å². The Morgan fingerprint density at radius 2 is 1.78 bits per heavy atom. The SMILES string of the molecule is CC(C)c1nc(-c2ccccc2)cc(-c2ccc(F)cc2)c1/C=C/C1C[C@H](C)CC(=O)O1. The molecule has 0 amide bonds. The van der Waals surface area contributed by atoms with Crippen LogP contribution in [0.3, 0.4) is 0 Å². The molecule has 2 heterocycles. The molecule has 2 aromatic carbocycles. The number of rotatable bonds is 5. The molecular weight excluding hydrogens is 401 g/mol. The van der Waals surface area contributed by atoms with Crippen molar-refractivity contribution in [3.8, 4) is 22.4 Å². The molecule has 4 heteroatoms. The summed E-state index contributed by atoms with van der Waals surface area (Å²) >= 11 is 0. The first-order chi connectivity index (χ1) is 15.4. The molecule has 32 heavy (non-hydrogen) atoms. The average Bonchev–Trinajstić information content (AvgIpc) is 2.77. The van der Waals surface area contributed by atoms with Gasteiger partial charge in [-0.3, -0.25) is 9.78 Å². The van der Waals surface area contributed by atoms with Crippen molar-refractivity contribution in [2.45, 2.75) is 45.6 Å². The third kappa shape index (κ3) is 4.96. The van der Waals surface area contributed by atoms with Crippen LogP contribution in [-0.4, -0.2) is 17.1 Å². The second kappa shape index (κ2) is 9.47. The van der Waals surface area contributed by atoms with E-state index in [0.29, 0.717) is 12.3 Å². The number of carbonyl (C=O) groups excluding carboxylic acids is 1. The summed E-state index contributed by atoms with van der Waals surface area (Å²) < 4.78 is 19.2. The minimum absolute atomic E-state index is 0.154. The molecule has 1 saturated heterocycles. The second-order valence-corrected chi connectivity index (χ2v) is 8.81. The van der Waals surface area contributed by atoms with Gasteiger partial charge in [0.25, 0.3) is 0 Å². The van der Waals surface area contributed by atoms with Gasteiger partial charge in [-0.1, -0.05) is 69.3 Å². The summed E-state index contributed by atoms with van der Waals surface area (Å²) in [5.74, 6) is 0.0464. The van der Waals surface area contributed by atoms with Crippen molar-refractivity contribution in [3.05, 3.63) is 83.8 Å². The molecular formula is C28H28FNO2. The average molecular weight is 430 g/mol. The van der Waals surface area contributed by atoms with Crippen LogP contribution in [-0.2, 0) is 9.53 Å². The first-order valence-corrected chi connectivity index (χ1v) is 11.1. The number of pyridine rings is 1. The lowest BCUT2D eigenvalue weighted by Crippen LogP contribution is -2.26. The summed E-state index contributed by atoms with van der Waals surface area (Å²) in [5, 5.41) is 0. The van der Waals surface area contributed by atoms with E-state index in [-0.39, 0.29) is 23.8 Å². The van der Waals surface area contributed by atoms with E-state index in [2.05, 4.69) is 26.8 Å². The Balaban J connectivity index is 1.85. The molecule has 1 aliphatic heterocycles. The lowest BCUT2D eigenvalue weighted by molar-refractivity contribution is -0.153. The maximum atomic E-state index is 13.6. The summed E-state index contributed by atoms with van der Waals surface area (Å²) in [7, 11) is 0. The number of carbonyl (C=O) groups is 1. The van der Waals surface area contributed by atoms with E-state index in [1.165, 1.54) is 12.1 Å². The number of esters is 1. The monoisotopic (exact) mass is 429 g/mol. The Labute approximate surface area is 189 Å². The van der Waals surface area contributed by atoms with Crippen molar-refractivity contribution in [1.82, 2.24) is 4.98 Å². The zero-order valence-corrected chi connectivity index (χ0v) is 18.7. The van der Waals surface area contributed by atoms with E-state index in [4.69, 9.17) is 9.72 Å². The van der Waals surface area contributed by atoms with Crippen molar-refractivity contribution in [3.63, 3.8) is 0 Å². The molecule has 164 valence electrons. The molecule has 0 spiro atoms. The minimum Gasteiger partial charge on any atom is -0.458 e. The normalized spacial score (nSPS) is 18.8. The summed E-state index contributed by atoms with van der Waals surface area (Å²) in [5.41, 5.74) is 5.74. The molecule has 0 N–H and O–H groups in total. The summed E-state index contributed by atoms with van der Waals surface area (Å²) in [6, 6.07) is 18.7. The Morgan fingerprint density at radius 3 is 2.44 bits per heavy atom. The zero-order chi connectivity index (χ0) is 22.7. The molecule has 1 aliphatic rings. The highest BCUT2D eigenvalue weighted by Gasteiger charge is 2.24. The Hall–Kier alpha value is -3.27. The van der Waals surface area contributed by atoms with Gasteiger partial charge in [-0.15, -0.1) is 0 Å². The number of hydrogen-bond donors (Lipinski definition) is 0. The predicted octanol–water partition coefficient (Wildman–Crippen LogP) is 7.03. The molecule has 2 atom stereocenters. The number of hydrogen-bond acceptors (Lipinski definition) is 3.